The number of ether oxygens (including phenoxy) is 1. The Balaban J connectivity index is 1.69. The molecular formula is C29H29FN2O3. The first-order valence-corrected chi connectivity index (χ1v) is 11.7. The van der Waals surface area contributed by atoms with Gasteiger partial charge in [0.15, 0.2) is 0 Å². The van der Waals surface area contributed by atoms with Crippen LogP contribution in [-0.2, 0) is 11.2 Å². The van der Waals surface area contributed by atoms with E-state index in [4.69, 9.17) is 14.8 Å². The maximum Gasteiger partial charge on any atom is 0.303 e. The summed E-state index contributed by atoms with van der Waals surface area (Å²) < 4.78 is 19.7. The Kier molecular flexibility index (Phi) is 7.42. The normalized spacial score (nSPS) is 12.9. The van der Waals surface area contributed by atoms with Crippen molar-refractivity contribution >= 4 is 16.7 Å². The molecule has 0 aliphatic carbocycles. The van der Waals surface area contributed by atoms with Crippen molar-refractivity contribution in [3.63, 3.8) is 0 Å². The van der Waals surface area contributed by atoms with Crippen molar-refractivity contribution in [1.29, 1.82) is 0 Å². The van der Waals surface area contributed by atoms with E-state index < -0.39 is 11.8 Å². The Hall–Kier alpha value is -3.77. The van der Waals surface area contributed by atoms with Crippen LogP contribution in [-0.4, -0.2) is 23.2 Å². The minimum absolute atomic E-state index is 0.0604. The van der Waals surface area contributed by atoms with Crippen molar-refractivity contribution in [3.8, 4) is 17.0 Å². The van der Waals surface area contributed by atoms with Crippen LogP contribution in [0.3, 0.4) is 0 Å². The molecule has 3 aromatic carbocycles. The number of benzene rings is 3. The van der Waals surface area contributed by atoms with Gasteiger partial charge in [-0.05, 0) is 73.2 Å². The summed E-state index contributed by atoms with van der Waals surface area (Å²) in [4.78, 5) is 16.0. The first-order chi connectivity index (χ1) is 16.9. The smallest absolute Gasteiger partial charge is 0.303 e. The highest BCUT2D eigenvalue weighted by molar-refractivity contribution is 5.95. The monoisotopic (exact) mass is 472 g/mol. The summed E-state index contributed by atoms with van der Waals surface area (Å²) in [6, 6.07) is 22.8. The number of methoxy groups -OCH3 is 1. The maximum absolute atomic E-state index is 14.4. The minimum Gasteiger partial charge on any atom is -0.497 e. The molecule has 4 aromatic rings. The zero-order valence-electron chi connectivity index (χ0n) is 20.1. The predicted molar refractivity (Wildman–Crippen MR) is 136 cm³/mol. The number of pyridine rings is 1. The van der Waals surface area contributed by atoms with Crippen molar-refractivity contribution in [3.05, 3.63) is 95.4 Å². The van der Waals surface area contributed by atoms with E-state index in [0.29, 0.717) is 5.56 Å². The number of carbonyl (C=O) groups is 1. The molecule has 0 aliphatic heterocycles. The van der Waals surface area contributed by atoms with Gasteiger partial charge in [0.25, 0.3) is 0 Å². The number of nitrogens with zero attached hydrogens (tertiary/aromatic N) is 1. The van der Waals surface area contributed by atoms with Gasteiger partial charge in [-0.1, -0.05) is 36.4 Å². The fourth-order valence-electron chi connectivity index (χ4n) is 4.28. The van der Waals surface area contributed by atoms with E-state index in [2.05, 4.69) is 31.3 Å². The second-order valence-corrected chi connectivity index (χ2v) is 8.70. The van der Waals surface area contributed by atoms with E-state index in [1.807, 2.05) is 42.5 Å². The number of fused-ring (bicyclic) bond motifs is 1. The van der Waals surface area contributed by atoms with Crippen LogP contribution >= 0.6 is 0 Å². The summed E-state index contributed by atoms with van der Waals surface area (Å²) in [6.45, 7) is 4.17. The van der Waals surface area contributed by atoms with E-state index in [0.717, 1.165) is 39.0 Å². The summed E-state index contributed by atoms with van der Waals surface area (Å²) in [5.74, 6) is -0.548. The molecule has 180 valence electrons. The van der Waals surface area contributed by atoms with Gasteiger partial charge in [0.2, 0.25) is 0 Å². The molecule has 0 radical (unpaired) electrons. The first-order valence-electron chi connectivity index (χ1n) is 11.7. The summed E-state index contributed by atoms with van der Waals surface area (Å²) >= 11 is 0. The predicted octanol–water partition coefficient (Wildman–Crippen LogP) is 6.48. The number of hydrogen-bond acceptors (Lipinski definition) is 4. The fourth-order valence-corrected chi connectivity index (χ4v) is 4.28. The highest BCUT2D eigenvalue weighted by Crippen LogP contribution is 2.31. The lowest BCUT2D eigenvalue weighted by Crippen LogP contribution is -2.23. The standard InChI is InChI=1S/C29H29FN2O3/c1-18(20-8-6-9-24(16-20)35-3)31-19(2)27-17-21-7-4-5-10-25(21)29(32-27)23-11-13-26(30)22(15-23)12-14-28(33)34/h4-11,13,15-19,31H,12,14H2,1-3H3,(H,33,34)/t18-,19?/m1/s1. The molecule has 0 aliphatic rings. The number of carboxylic acid groups (broad SMARTS) is 1. The van der Waals surface area contributed by atoms with Crippen LogP contribution in [0, 0.1) is 5.82 Å². The molecule has 6 heteroatoms. The topological polar surface area (TPSA) is 71.5 Å². The van der Waals surface area contributed by atoms with Gasteiger partial charge in [-0.3, -0.25) is 9.78 Å². The molecule has 1 heterocycles. The van der Waals surface area contributed by atoms with Crippen molar-refractivity contribution in [2.75, 3.05) is 7.11 Å². The summed E-state index contributed by atoms with van der Waals surface area (Å²) in [5, 5.41) is 14.6. The molecule has 5 nitrogen and oxygen atoms in total. The summed E-state index contributed by atoms with van der Waals surface area (Å²) in [7, 11) is 1.66. The molecule has 0 bridgehead atoms. The van der Waals surface area contributed by atoms with Crippen LogP contribution in [0.25, 0.3) is 22.0 Å². The largest absolute Gasteiger partial charge is 0.497 e. The Morgan fingerprint density at radius 1 is 1.03 bits per heavy atom. The van der Waals surface area contributed by atoms with E-state index in [1.54, 1.807) is 19.2 Å². The highest BCUT2D eigenvalue weighted by atomic mass is 19.1. The lowest BCUT2D eigenvalue weighted by molar-refractivity contribution is -0.136. The third-order valence-corrected chi connectivity index (χ3v) is 6.22. The summed E-state index contributed by atoms with van der Waals surface area (Å²) in [5.41, 5.74) is 3.86. The molecule has 2 atom stereocenters. The molecule has 0 amide bonds. The van der Waals surface area contributed by atoms with E-state index in [-0.39, 0.29) is 24.9 Å². The lowest BCUT2D eigenvalue weighted by atomic mass is 9.98. The van der Waals surface area contributed by atoms with E-state index in [9.17, 15) is 9.18 Å². The Labute approximate surface area is 204 Å². The van der Waals surface area contributed by atoms with Crippen LogP contribution in [0.4, 0.5) is 4.39 Å². The number of carboxylic acids is 1. The lowest BCUT2D eigenvalue weighted by Gasteiger charge is -2.22. The number of halogens is 1. The summed E-state index contributed by atoms with van der Waals surface area (Å²) in [6.07, 6.45) is 0.000342. The average molecular weight is 473 g/mol. The molecule has 0 saturated heterocycles. The first kappa shape index (κ1) is 24.4. The van der Waals surface area contributed by atoms with Gasteiger partial charge in [-0.2, -0.15) is 0 Å². The Morgan fingerprint density at radius 2 is 1.83 bits per heavy atom. The highest BCUT2D eigenvalue weighted by Gasteiger charge is 2.17. The second-order valence-electron chi connectivity index (χ2n) is 8.70. The molecule has 2 N–H and O–H groups in total. The maximum atomic E-state index is 14.4. The van der Waals surface area contributed by atoms with Crippen molar-refractivity contribution in [2.24, 2.45) is 0 Å². The second kappa shape index (κ2) is 10.7. The number of aryl methyl sites for hydroxylation is 1. The van der Waals surface area contributed by atoms with Gasteiger partial charge >= 0.3 is 5.97 Å². The third-order valence-electron chi connectivity index (χ3n) is 6.22. The van der Waals surface area contributed by atoms with E-state index in [1.165, 1.54) is 6.07 Å². The van der Waals surface area contributed by atoms with Crippen molar-refractivity contribution in [2.45, 2.75) is 38.8 Å². The SMILES string of the molecule is COc1cccc([C@@H](C)NC(C)c2cc3ccccc3c(-c3ccc(F)c(CCC(=O)O)c3)n2)c1. The molecule has 0 spiro atoms. The number of hydrogen-bond donors (Lipinski definition) is 2. The molecular weight excluding hydrogens is 443 g/mol. The quantitative estimate of drug-likeness (QED) is 0.292. The van der Waals surface area contributed by atoms with Crippen molar-refractivity contribution in [1.82, 2.24) is 10.3 Å². The van der Waals surface area contributed by atoms with Gasteiger partial charge in [-0.15, -0.1) is 0 Å². The van der Waals surface area contributed by atoms with Crippen LogP contribution in [0.15, 0.2) is 72.8 Å². The number of nitrogens with one attached hydrogen (secondary N) is 1. The molecule has 0 saturated carbocycles. The number of aromatic nitrogens is 1. The van der Waals surface area contributed by atoms with Crippen LogP contribution in [0.1, 0.15) is 49.2 Å². The zero-order valence-corrected chi connectivity index (χ0v) is 20.1. The van der Waals surface area contributed by atoms with Gasteiger partial charge in [0.1, 0.15) is 11.6 Å². The molecule has 4 rings (SSSR count). The third kappa shape index (κ3) is 5.66. The van der Waals surface area contributed by atoms with Crippen LogP contribution < -0.4 is 10.1 Å². The van der Waals surface area contributed by atoms with Gasteiger partial charge in [-0.25, -0.2) is 4.39 Å². The van der Waals surface area contributed by atoms with Crippen LogP contribution in [0.5, 0.6) is 5.75 Å². The van der Waals surface area contributed by atoms with E-state index >= 15 is 0 Å². The fraction of sp³-hybridized carbons (Fsp3) is 0.241. The zero-order chi connectivity index (χ0) is 24.9. The van der Waals surface area contributed by atoms with Crippen LogP contribution in [0.2, 0.25) is 0 Å². The Morgan fingerprint density at radius 3 is 2.60 bits per heavy atom. The molecule has 1 unspecified atom stereocenters. The number of aliphatic carboxylic acids is 1. The average Bonchev–Trinajstić information content (AvgIpc) is 2.87. The van der Waals surface area contributed by atoms with Gasteiger partial charge < -0.3 is 15.2 Å². The molecule has 1 aromatic heterocycles. The Bertz CT molecular complexity index is 1360. The molecule has 0 fully saturated rings. The van der Waals surface area contributed by atoms with Gasteiger partial charge in [0.05, 0.1) is 18.5 Å². The van der Waals surface area contributed by atoms with Gasteiger partial charge in [0, 0.05) is 29.5 Å². The number of rotatable bonds is 9. The minimum atomic E-state index is -0.953. The van der Waals surface area contributed by atoms with Crippen molar-refractivity contribution < 1.29 is 19.0 Å². The molecule has 35 heavy (non-hydrogen) atoms.